The highest BCUT2D eigenvalue weighted by atomic mass is 35.5. The SMILES string of the molecule is CCN(C)c1cnc(Cl)cn1. The quantitative estimate of drug-likeness (QED) is 0.677. The molecule has 0 spiro atoms. The molecule has 0 saturated heterocycles. The number of aromatic nitrogens is 2. The molecule has 0 saturated carbocycles. The zero-order valence-corrected chi connectivity index (χ0v) is 7.34. The van der Waals surface area contributed by atoms with E-state index in [1.807, 2.05) is 11.9 Å². The molecule has 1 aromatic rings. The Kier molecular flexibility index (Phi) is 2.65. The first-order valence-electron chi connectivity index (χ1n) is 3.42. The van der Waals surface area contributed by atoms with E-state index in [4.69, 9.17) is 11.6 Å². The Balaban J connectivity index is 2.81. The molecule has 0 aliphatic rings. The molecule has 0 radical (unpaired) electrons. The van der Waals surface area contributed by atoms with Gasteiger partial charge in [0.05, 0.1) is 12.4 Å². The van der Waals surface area contributed by atoms with Crippen molar-refractivity contribution in [3.05, 3.63) is 17.5 Å². The Bertz CT molecular complexity index is 222. The molecule has 4 heteroatoms. The van der Waals surface area contributed by atoms with Crippen molar-refractivity contribution in [3.63, 3.8) is 0 Å². The van der Waals surface area contributed by atoms with E-state index in [-0.39, 0.29) is 0 Å². The smallest absolute Gasteiger partial charge is 0.147 e. The Labute approximate surface area is 71.0 Å². The van der Waals surface area contributed by atoms with Crippen molar-refractivity contribution in [2.24, 2.45) is 0 Å². The predicted octanol–water partition coefficient (Wildman–Crippen LogP) is 1.59. The third kappa shape index (κ3) is 2.05. The van der Waals surface area contributed by atoms with Gasteiger partial charge in [0.15, 0.2) is 0 Å². The minimum Gasteiger partial charge on any atom is -0.359 e. The molecule has 0 aliphatic heterocycles. The van der Waals surface area contributed by atoms with Crippen molar-refractivity contribution >= 4 is 17.4 Å². The van der Waals surface area contributed by atoms with Crippen molar-refractivity contribution in [2.45, 2.75) is 6.92 Å². The first kappa shape index (κ1) is 8.27. The number of halogens is 1. The second-order valence-corrected chi connectivity index (χ2v) is 2.60. The highest BCUT2D eigenvalue weighted by molar-refractivity contribution is 6.29. The molecule has 1 rings (SSSR count). The van der Waals surface area contributed by atoms with Crippen LogP contribution in [0.5, 0.6) is 0 Å². The van der Waals surface area contributed by atoms with E-state index in [9.17, 15) is 0 Å². The average Bonchev–Trinajstić information content (AvgIpc) is 2.05. The van der Waals surface area contributed by atoms with Crippen molar-refractivity contribution in [1.82, 2.24) is 9.97 Å². The summed E-state index contributed by atoms with van der Waals surface area (Å²) in [7, 11) is 1.96. The van der Waals surface area contributed by atoms with Gasteiger partial charge in [0.2, 0.25) is 0 Å². The van der Waals surface area contributed by atoms with Crippen LogP contribution in [0, 0.1) is 0 Å². The highest BCUT2D eigenvalue weighted by Gasteiger charge is 1.98. The van der Waals surface area contributed by atoms with Gasteiger partial charge in [-0.15, -0.1) is 0 Å². The van der Waals surface area contributed by atoms with Crippen LogP contribution in [0.3, 0.4) is 0 Å². The fraction of sp³-hybridized carbons (Fsp3) is 0.429. The lowest BCUT2D eigenvalue weighted by molar-refractivity contribution is 0.928. The van der Waals surface area contributed by atoms with Crippen LogP contribution >= 0.6 is 11.6 Å². The highest BCUT2D eigenvalue weighted by Crippen LogP contribution is 2.08. The van der Waals surface area contributed by atoms with Gasteiger partial charge in [-0.3, -0.25) is 0 Å². The number of anilines is 1. The summed E-state index contributed by atoms with van der Waals surface area (Å²) in [4.78, 5) is 9.98. The standard InChI is InChI=1S/C7H10ClN3/c1-3-11(2)7-5-9-6(8)4-10-7/h4-5H,3H2,1-2H3. The predicted molar refractivity (Wildman–Crippen MR) is 46.0 cm³/mol. The van der Waals surface area contributed by atoms with Gasteiger partial charge in [0, 0.05) is 13.6 Å². The van der Waals surface area contributed by atoms with Crippen LogP contribution in [0.4, 0.5) is 5.82 Å². The topological polar surface area (TPSA) is 29.0 Å². The molecule has 1 heterocycles. The second kappa shape index (κ2) is 3.53. The number of hydrogen-bond acceptors (Lipinski definition) is 3. The number of hydrogen-bond donors (Lipinski definition) is 0. The van der Waals surface area contributed by atoms with E-state index in [2.05, 4.69) is 16.9 Å². The summed E-state index contributed by atoms with van der Waals surface area (Å²) in [5.74, 6) is 0.844. The summed E-state index contributed by atoms with van der Waals surface area (Å²) in [5.41, 5.74) is 0. The first-order valence-corrected chi connectivity index (χ1v) is 3.80. The van der Waals surface area contributed by atoms with Gasteiger partial charge in [-0.1, -0.05) is 11.6 Å². The van der Waals surface area contributed by atoms with Crippen molar-refractivity contribution in [2.75, 3.05) is 18.5 Å². The molecule has 0 aromatic carbocycles. The third-order valence-corrected chi connectivity index (χ3v) is 1.67. The summed E-state index contributed by atoms with van der Waals surface area (Å²) >= 11 is 5.57. The van der Waals surface area contributed by atoms with E-state index in [1.165, 1.54) is 0 Å². The van der Waals surface area contributed by atoms with Gasteiger partial charge in [0.1, 0.15) is 11.0 Å². The van der Waals surface area contributed by atoms with Crippen molar-refractivity contribution in [3.8, 4) is 0 Å². The molecular weight excluding hydrogens is 162 g/mol. The lowest BCUT2D eigenvalue weighted by Crippen LogP contribution is -2.17. The maximum atomic E-state index is 5.57. The Morgan fingerprint density at radius 1 is 1.45 bits per heavy atom. The first-order chi connectivity index (χ1) is 5.24. The largest absolute Gasteiger partial charge is 0.359 e. The van der Waals surface area contributed by atoms with Crippen LogP contribution < -0.4 is 4.90 Å². The normalized spacial score (nSPS) is 9.73. The van der Waals surface area contributed by atoms with Crippen LogP contribution in [0.15, 0.2) is 12.4 Å². The zero-order valence-electron chi connectivity index (χ0n) is 6.58. The van der Waals surface area contributed by atoms with Crippen LogP contribution in [-0.4, -0.2) is 23.6 Å². The van der Waals surface area contributed by atoms with Gasteiger partial charge >= 0.3 is 0 Å². The summed E-state index contributed by atoms with van der Waals surface area (Å²) in [5, 5.41) is 0.429. The molecule has 0 bridgehead atoms. The van der Waals surface area contributed by atoms with Crippen molar-refractivity contribution in [1.29, 1.82) is 0 Å². The van der Waals surface area contributed by atoms with Crippen LogP contribution in [0.2, 0.25) is 5.15 Å². The van der Waals surface area contributed by atoms with E-state index < -0.39 is 0 Å². The minimum absolute atomic E-state index is 0.429. The Morgan fingerprint density at radius 2 is 2.18 bits per heavy atom. The molecule has 11 heavy (non-hydrogen) atoms. The van der Waals surface area contributed by atoms with Crippen LogP contribution in [0.1, 0.15) is 6.92 Å². The molecule has 1 aromatic heterocycles. The molecule has 0 N–H and O–H groups in total. The van der Waals surface area contributed by atoms with Gasteiger partial charge < -0.3 is 4.90 Å². The number of rotatable bonds is 2. The maximum Gasteiger partial charge on any atom is 0.147 e. The lowest BCUT2D eigenvalue weighted by atomic mass is 10.5. The Morgan fingerprint density at radius 3 is 2.64 bits per heavy atom. The van der Waals surface area contributed by atoms with E-state index in [0.29, 0.717) is 5.15 Å². The maximum absolute atomic E-state index is 5.57. The van der Waals surface area contributed by atoms with Gasteiger partial charge in [0.25, 0.3) is 0 Å². The fourth-order valence-corrected chi connectivity index (χ4v) is 0.762. The zero-order chi connectivity index (χ0) is 8.27. The molecule has 0 aliphatic carbocycles. The third-order valence-electron chi connectivity index (χ3n) is 1.47. The Hall–Kier alpha value is -0.830. The second-order valence-electron chi connectivity index (χ2n) is 2.21. The molecule has 60 valence electrons. The minimum atomic E-state index is 0.429. The summed E-state index contributed by atoms with van der Waals surface area (Å²) in [6.07, 6.45) is 3.20. The summed E-state index contributed by atoms with van der Waals surface area (Å²) in [6, 6.07) is 0. The van der Waals surface area contributed by atoms with E-state index in [1.54, 1.807) is 12.4 Å². The number of nitrogens with zero attached hydrogens (tertiary/aromatic N) is 3. The van der Waals surface area contributed by atoms with Crippen molar-refractivity contribution < 1.29 is 0 Å². The monoisotopic (exact) mass is 171 g/mol. The fourth-order valence-electron chi connectivity index (χ4n) is 0.665. The van der Waals surface area contributed by atoms with Gasteiger partial charge in [-0.05, 0) is 6.92 Å². The molecule has 0 unspecified atom stereocenters. The van der Waals surface area contributed by atoms with E-state index >= 15 is 0 Å². The molecule has 0 amide bonds. The summed E-state index contributed by atoms with van der Waals surface area (Å²) < 4.78 is 0. The molecular formula is C7H10ClN3. The van der Waals surface area contributed by atoms with Gasteiger partial charge in [-0.2, -0.15) is 0 Å². The van der Waals surface area contributed by atoms with Gasteiger partial charge in [-0.25, -0.2) is 9.97 Å². The molecule has 0 atom stereocenters. The van der Waals surface area contributed by atoms with Crippen LogP contribution in [0.25, 0.3) is 0 Å². The average molecular weight is 172 g/mol. The van der Waals surface area contributed by atoms with Crippen LogP contribution in [-0.2, 0) is 0 Å². The molecule has 3 nitrogen and oxygen atoms in total. The summed E-state index contributed by atoms with van der Waals surface area (Å²) in [6.45, 7) is 2.96. The molecule has 0 fully saturated rings. The lowest BCUT2D eigenvalue weighted by Gasteiger charge is -2.13. The van der Waals surface area contributed by atoms with E-state index in [0.717, 1.165) is 12.4 Å².